The summed E-state index contributed by atoms with van der Waals surface area (Å²) in [4.78, 5) is 14.9. The molecule has 1 aliphatic rings. The molecule has 1 saturated heterocycles. The van der Waals surface area contributed by atoms with E-state index in [1.807, 2.05) is 93.0 Å². The van der Waals surface area contributed by atoms with Gasteiger partial charge in [0.25, 0.3) is 0 Å². The summed E-state index contributed by atoms with van der Waals surface area (Å²) in [5, 5.41) is 16.4. The van der Waals surface area contributed by atoms with Crippen molar-refractivity contribution in [3.05, 3.63) is 107 Å². The van der Waals surface area contributed by atoms with Gasteiger partial charge in [0.1, 0.15) is 23.2 Å². The molecular weight excluding hydrogens is 608 g/mol. The number of nitrogens with zero attached hydrogens (tertiary/aromatic N) is 6. The Kier molecular flexibility index (Phi) is 9.18. The van der Waals surface area contributed by atoms with Crippen LogP contribution in [0.4, 0.5) is 5.82 Å². The van der Waals surface area contributed by atoms with Crippen molar-refractivity contribution in [1.82, 2.24) is 24.6 Å². The first-order valence-electron chi connectivity index (χ1n) is 14.8. The number of aromatic nitrogens is 4. The SMILES string of the molecule is COc1ccc(C(OC[C@H]2O[C@@H](n3ncc4c(/N=C/N(C)C)nc(Cl)nc43)C[C@@H]2O)(c2ccccc2)c2ccc(OC)cc2)cc1. The summed E-state index contributed by atoms with van der Waals surface area (Å²) < 4.78 is 25.9. The molecular formula is C34H35ClN6O5. The lowest BCUT2D eigenvalue weighted by molar-refractivity contribution is -0.0949. The molecule has 12 heteroatoms. The average molecular weight is 643 g/mol. The summed E-state index contributed by atoms with van der Waals surface area (Å²) in [6, 6.07) is 25.5. The third kappa shape index (κ3) is 6.14. The van der Waals surface area contributed by atoms with Gasteiger partial charge >= 0.3 is 0 Å². The minimum atomic E-state index is -1.06. The molecule has 238 valence electrons. The first kappa shape index (κ1) is 31.4. The van der Waals surface area contributed by atoms with E-state index in [4.69, 9.17) is 30.5 Å². The zero-order chi connectivity index (χ0) is 32.3. The van der Waals surface area contributed by atoms with Gasteiger partial charge in [0.05, 0.1) is 44.9 Å². The van der Waals surface area contributed by atoms with E-state index in [0.717, 1.165) is 28.2 Å². The van der Waals surface area contributed by atoms with Gasteiger partial charge in [0.15, 0.2) is 17.7 Å². The lowest BCUT2D eigenvalue weighted by Gasteiger charge is -2.37. The summed E-state index contributed by atoms with van der Waals surface area (Å²) >= 11 is 6.27. The third-order valence-corrected chi connectivity index (χ3v) is 8.10. The van der Waals surface area contributed by atoms with Crippen LogP contribution < -0.4 is 9.47 Å². The average Bonchev–Trinajstić information content (AvgIpc) is 3.67. The maximum absolute atomic E-state index is 11.3. The van der Waals surface area contributed by atoms with Crippen LogP contribution in [0.25, 0.3) is 11.0 Å². The largest absolute Gasteiger partial charge is 0.497 e. The van der Waals surface area contributed by atoms with Crippen molar-refractivity contribution in [1.29, 1.82) is 0 Å². The molecule has 0 bridgehead atoms. The van der Waals surface area contributed by atoms with Crippen LogP contribution in [-0.4, -0.2) is 83.2 Å². The maximum atomic E-state index is 11.3. The Morgan fingerprint density at radius 3 is 2.15 bits per heavy atom. The van der Waals surface area contributed by atoms with Gasteiger partial charge in [-0.3, -0.25) is 0 Å². The number of methoxy groups -OCH3 is 2. The number of hydrogen-bond acceptors (Lipinski definition) is 9. The number of benzene rings is 3. The molecule has 5 aromatic rings. The second kappa shape index (κ2) is 13.4. The van der Waals surface area contributed by atoms with Crippen LogP contribution in [0, 0.1) is 0 Å². The van der Waals surface area contributed by atoms with Crippen LogP contribution in [0.15, 0.2) is 90.1 Å². The summed E-state index contributed by atoms with van der Waals surface area (Å²) in [6.07, 6.45) is 1.39. The summed E-state index contributed by atoms with van der Waals surface area (Å²) in [5.41, 5.74) is 2.07. The first-order valence-corrected chi connectivity index (χ1v) is 15.1. The Balaban J connectivity index is 1.34. The van der Waals surface area contributed by atoms with Crippen molar-refractivity contribution in [3.8, 4) is 11.5 Å². The smallest absolute Gasteiger partial charge is 0.226 e. The predicted molar refractivity (Wildman–Crippen MR) is 175 cm³/mol. The second-order valence-electron chi connectivity index (χ2n) is 11.1. The second-order valence-corrected chi connectivity index (χ2v) is 11.4. The number of aliphatic hydroxyl groups is 1. The summed E-state index contributed by atoms with van der Waals surface area (Å²) in [7, 11) is 6.99. The highest BCUT2D eigenvalue weighted by Gasteiger charge is 2.42. The molecule has 0 spiro atoms. The van der Waals surface area contributed by atoms with E-state index in [9.17, 15) is 5.11 Å². The number of rotatable bonds is 11. The van der Waals surface area contributed by atoms with Crippen molar-refractivity contribution in [2.45, 2.75) is 30.5 Å². The fourth-order valence-corrected chi connectivity index (χ4v) is 5.82. The molecule has 1 fully saturated rings. The van der Waals surface area contributed by atoms with Gasteiger partial charge in [0, 0.05) is 20.5 Å². The predicted octanol–water partition coefficient (Wildman–Crippen LogP) is 5.38. The van der Waals surface area contributed by atoms with E-state index in [2.05, 4.69) is 20.1 Å². The van der Waals surface area contributed by atoms with Crippen molar-refractivity contribution in [2.24, 2.45) is 4.99 Å². The zero-order valence-corrected chi connectivity index (χ0v) is 26.7. The lowest BCUT2D eigenvalue weighted by Crippen LogP contribution is -2.38. The zero-order valence-electron chi connectivity index (χ0n) is 25.9. The highest BCUT2D eigenvalue weighted by Crippen LogP contribution is 2.43. The molecule has 0 unspecified atom stereocenters. The molecule has 11 nitrogen and oxygen atoms in total. The molecule has 1 aliphatic heterocycles. The Hall–Kier alpha value is -4.55. The Bertz CT molecular complexity index is 1750. The normalized spacial score (nSPS) is 18.3. The highest BCUT2D eigenvalue weighted by atomic mass is 35.5. The monoisotopic (exact) mass is 642 g/mol. The standard InChI is InChI=1S/C34H35ClN6O5/c1-40(2)21-36-31-27-19-37-41(32(27)39-33(35)38-31)30-18-28(42)29(46-30)20-45-34(22-8-6-5-7-9-22,23-10-14-25(43-3)15-11-23)24-12-16-26(44-4)17-13-24/h5-17,19,21,28-30,42H,18,20H2,1-4H3/b36-21+/t28-,29+,30+/m0/s1. The summed E-state index contributed by atoms with van der Waals surface area (Å²) in [6.45, 7) is 0.0674. The van der Waals surface area contributed by atoms with Gasteiger partial charge in [-0.25, -0.2) is 9.67 Å². The number of ether oxygens (including phenoxy) is 4. The van der Waals surface area contributed by atoms with E-state index < -0.39 is 24.0 Å². The minimum Gasteiger partial charge on any atom is -0.497 e. The maximum Gasteiger partial charge on any atom is 0.226 e. The van der Waals surface area contributed by atoms with Gasteiger partial charge in [-0.15, -0.1) is 0 Å². The van der Waals surface area contributed by atoms with Crippen molar-refractivity contribution in [2.75, 3.05) is 34.9 Å². The highest BCUT2D eigenvalue weighted by molar-refractivity contribution is 6.28. The van der Waals surface area contributed by atoms with Gasteiger partial charge in [-0.2, -0.15) is 15.1 Å². The Morgan fingerprint density at radius 1 is 0.957 bits per heavy atom. The van der Waals surface area contributed by atoms with E-state index in [-0.39, 0.29) is 18.3 Å². The van der Waals surface area contributed by atoms with Crippen molar-refractivity contribution in [3.63, 3.8) is 0 Å². The number of halogens is 1. The minimum absolute atomic E-state index is 0.0326. The molecule has 3 heterocycles. The Morgan fingerprint density at radius 2 is 1.57 bits per heavy atom. The molecule has 2 aromatic heterocycles. The summed E-state index contributed by atoms with van der Waals surface area (Å²) in [5.74, 6) is 1.84. The molecule has 1 N–H and O–H groups in total. The van der Waals surface area contributed by atoms with E-state index in [1.54, 1.807) is 36.3 Å². The molecule has 3 atom stereocenters. The molecule has 0 amide bonds. The third-order valence-electron chi connectivity index (χ3n) is 7.93. The molecule has 3 aromatic carbocycles. The lowest BCUT2D eigenvalue weighted by atomic mass is 9.80. The number of aliphatic hydroxyl groups excluding tert-OH is 1. The molecule has 6 rings (SSSR count). The van der Waals surface area contributed by atoms with Crippen molar-refractivity contribution >= 4 is 34.8 Å². The molecule has 0 aliphatic carbocycles. The van der Waals surface area contributed by atoms with Crippen LogP contribution in [0.2, 0.25) is 5.28 Å². The molecule has 0 radical (unpaired) electrons. The van der Waals surface area contributed by atoms with Gasteiger partial charge in [-0.1, -0.05) is 54.6 Å². The quantitative estimate of drug-likeness (QED) is 0.0878. The fraction of sp³-hybridized carbons (Fsp3) is 0.294. The molecule has 0 saturated carbocycles. The van der Waals surface area contributed by atoms with Crippen LogP contribution in [-0.2, 0) is 15.1 Å². The first-order chi connectivity index (χ1) is 22.3. The number of hydrogen-bond donors (Lipinski definition) is 1. The topological polar surface area (TPSA) is 116 Å². The number of aliphatic imine (C=N–C) groups is 1. The molecule has 46 heavy (non-hydrogen) atoms. The Labute approximate surface area is 272 Å². The fourth-order valence-electron chi connectivity index (χ4n) is 5.66. The van der Waals surface area contributed by atoms with E-state index in [0.29, 0.717) is 16.9 Å². The van der Waals surface area contributed by atoms with Crippen molar-refractivity contribution < 1.29 is 24.1 Å². The van der Waals surface area contributed by atoms with E-state index in [1.165, 1.54) is 0 Å². The van der Waals surface area contributed by atoms with Gasteiger partial charge in [-0.05, 0) is 52.6 Å². The van der Waals surface area contributed by atoms with Gasteiger partial charge in [0.2, 0.25) is 5.28 Å². The number of fused-ring (bicyclic) bond motifs is 1. The van der Waals surface area contributed by atoms with Gasteiger partial charge < -0.3 is 29.0 Å². The van der Waals surface area contributed by atoms with Crippen LogP contribution in [0.1, 0.15) is 29.3 Å². The van der Waals surface area contributed by atoms with Crippen LogP contribution in [0.5, 0.6) is 11.5 Å². The van der Waals surface area contributed by atoms with E-state index >= 15 is 0 Å². The van der Waals surface area contributed by atoms with Crippen LogP contribution in [0.3, 0.4) is 0 Å². The van der Waals surface area contributed by atoms with Crippen LogP contribution >= 0.6 is 11.6 Å².